The van der Waals surface area contributed by atoms with Gasteiger partial charge in [0.2, 0.25) is 0 Å². The zero-order valence-corrected chi connectivity index (χ0v) is 22.6. The third-order valence-corrected chi connectivity index (χ3v) is 13.2. The Balaban J connectivity index is 1.60. The minimum absolute atomic E-state index is 0.0226. The van der Waals surface area contributed by atoms with E-state index < -0.39 is 5.60 Å². The van der Waals surface area contributed by atoms with Crippen LogP contribution in [0.1, 0.15) is 106 Å². The number of methoxy groups -OCH3 is 1. The molecule has 4 unspecified atom stereocenters. The summed E-state index contributed by atoms with van der Waals surface area (Å²) in [6, 6.07) is 0. The summed E-state index contributed by atoms with van der Waals surface area (Å²) in [7, 11) is 1.80. The van der Waals surface area contributed by atoms with Crippen LogP contribution in [-0.2, 0) is 4.74 Å². The van der Waals surface area contributed by atoms with Crippen molar-refractivity contribution in [2.75, 3.05) is 7.11 Å². The highest BCUT2D eigenvalue weighted by Crippen LogP contribution is 2.75. The maximum atomic E-state index is 11.7. The van der Waals surface area contributed by atoms with Crippen molar-refractivity contribution in [3.63, 3.8) is 0 Å². The summed E-state index contributed by atoms with van der Waals surface area (Å²) in [6.45, 7) is 17.0. The van der Waals surface area contributed by atoms with Crippen molar-refractivity contribution in [2.45, 2.75) is 124 Å². The minimum Gasteiger partial charge on any atom is -0.393 e. The molecule has 0 aromatic heterocycles. The van der Waals surface area contributed by atoms with Gasteiger partial charge in [0, 0.05) is 12.5 Å². The third kappa shape index (κ3) is 2.91. The van der Waals surface area contributed by atoms with Crippen LogP contribution in [0.2, 0.25) is 0 Å². The molecule has 0 heterocycles. The van der Waals surface area contributed by atoms with E-state index in [-0.39, 0.29) is 33.9 Å². The van der Waals surface area contributed by atoms with E-state index in [1.54, 1.807) is 12.7 Å². The number of rotatable bonds is 1. The van der Waals surface area contributed by atoms with Crippen LogP contribution in [0.3, 0.4) is 0 Å². The fourth-order valence-electron chi connectivity index (χ4n) is 10.5. The third-order valence-electron chi connectivity index (χ3n) is 13.2. The Labute approximate surface area is 202 Å². The summed E-state index contributed by atoms with van der Waals surface area (Å²) < 4.78 is 6.09. The smallest absolute Gasteiger partial charge is 0.0941 e. The van der Waals surface area contributed by atoms with E-state index in [1.165, 1.54) is 12.8 Å². The SMILES string of the molecule is CO[C@]1(C)[C@@H]2CC[C@@]3(C)C(CC=C4C5CC(C)(C)CC[C@]5(C)C(O)C[C@]43C)C2(C)CC[C@@H]1O. The molecule has 0 saturated heterocycles. The Morgan fingerprint density at radius 2 is 1.48 bits per heavy atom. The summed E-state index contributed by atoms with van der Waals surface area (Å²) in [5.41, 5.74) is 1.97. The molecule has 188 valence electrons. The number of allylic oxidation sites excluding steroid dienone is 2. The Morgan fingerprint density at radius 1 is 0.788 bits per heavy atom. The lowest BCUT2D eigenvalue weighted by Crippen LogP contribution is -2.68. The summed E-state index contributed by atoms with van der Waals surface area (Å²) in [6.07, 6.45) is 11.9. The van der Waals surface area contributed by atoms with Crippen LogP contribution in [0.15, 0.2) is 11.6 Å². The lowest BCUT2D eigenvalue weighted by molar-refractivity contribution is -0.246. The minimum atomic E-state index is -0.461. The van der Waals surface area contributed by atoms with Crippen LogP contribution in [0, 0.1) is 44.8 Å². The van der Waals surface area contributed by atoms with Crippen LogP contribution in [0.5, 0.6) is 0 Å². The van der Waals surface area contributed by atoms with Gasteiger partial charge in [0.1, 0.15) is 0 Å². The van der Waals surface area contributed by atoms with Gasteiger partial charge in [0.25, 0.3) is 0 Å². The van der Waals surface area contributed by atoms with Gasteiger partial charge in [-0.25, -0.2) is 0 Å². The van der Waals surface area contributed by atoms with Crippen LogP contribution >= 0.6 is 0 Å². The molecule has 3 nitrogen and oxygen atoms in total. The molecular weight excluding hydrogens is 408 g/mol. The van der Waals surface area contributed by atoms with Crippen LogP contribution < -0.4 is 0 Å². The number of aliphatic hydroxyl groups is 2. The first-order valence-electron chi connectivity index (χ1n) is 13.8. The van der Waals surface area contributed by atoms with E-state index in [1.807, 2.05) is 0 Å². The molecule has 0 aromatic carbocycles. The molecule has 4 fully saturated rings. The van der Waals surface area contributed by atoms with Crippen molar-refractivity contribution in [1.29, 1.82) is 0 Å². The van der Waals surface area contributed by atoms with E-state index in [2.05, 4.69) is 54.5 Å². The quantitative estimate of drug-likeness (QED) is 0.440. The average molecular weight is 459 g/mol. The molecule has 3 heteroatoms. The maximum Gasteiger partial charge on any atom is 0.0941 e. The Kier molecular flexibility index (Phi) is 5.23. The van der Waals surface area contributed by atoms with Gasteiger partial charge in [-0.2, -0.15) is 0 Å². The highest BCUT2D eigenvalue weighted by molar-refractivity contribution is 5.34. The van der Waals surface area contributed by atoms with E-state index in [9.17, 15) is 10.2 Å². The molecule has 0 spiro atoms. The second-order valence-electron chi connectivity index (χ2n) is 14.9. The van der Waals surface area contributed by atoms with Gasteiger partial charge in [-0.1, -0.05) is 53.2 Å². The summed E-state index contributed by atoms with van der Waals surface area (Å²) >= 11 is 0. The largest absolute Gasteiger partial charge is 0.393 e. The van der Waals surface area contributed by atoms with Crippen molar-refractivity contribution in [3.8, 4) is 0 Å². The first kappa shape index (κ1) is 24.3. The summed E-state index contributed by atoms with van der Waals surface area (Å²) in [5.74, 6) is 1.44. The molecule has 33 heavy (non-hydrogen) atoms. The first-order chi connectivity index (χ1) is 15.2. The van der Waals surface area contributed by atoms with Crippen molar-refractivity contribution >= 4 is 0 Å². The van der Waals surface area contributed by atoms with Crippen LogP contribution in [0.4, 0.5) is 0 Å². The topological polar surface area (TPSA) is 49.7 Å². The van der Waals surface area contributed by atoms with Gasteiger partial charge in [-0.15, -0.1) is 0 Å². The lowest BCUT2D eigenvalue weighted by atomic mass is 9.34. The molecule has 10 atom stereocenters. The van der Waals surface area contributed by atoms with E-state index in [0.29, 0.717) is 23.2 Å². The van der Waals surface area contributed by atoms with Gasteiger partial charge < -0.3 is 14.9 Å². The molecule has 2 N–H and O–H groups in total. The normalized spacial score (nSPS) is 57.8. The highest BCUT2D eigenvalue weighted by Gasteiger charge is 2.69. The van der Waals surface area contributed by atoms with Gasteiger partial charge >= 0.3 is 0 Å². The van der Waals surface area contributed by atoms with Crippen LogP contribution in [0.25, 0.3) is 0 Å². The molecule has 4 saturated carbocycles. The zero-order valence-electron chi connectivity index (χ0n) is 22.6. The Bertz CT molecular complexity index is 847. The zero-order chi connectivity index (χ0) is 24.2. The lowest BCUT2D eigenvalue weighted by Gasteiger charge is -2.71. The monoisotopic (exact) mass is 458 g/mol. The second kappa shape index (κ2) is 7.10. The molecule has 0 aromatic rings. The molecule has 5 aliphatic rings. The van der Waals surface area contributed by atoms with Gasteiger partial charge in [-0.3, -0.25) is 0 Å². The maximum absolute atomic E-state index is 11.7. The molecule has 5 rings (SSSR count). The van der Waals surface area contributed by atoms with Gasteiger partial charge in [0.05, 0.1) is 17.8 Å². The van der Waals surface area contributed by atoms with E-state index >= 15 is 0 Å². The highest BCUT2D eigenvalue weighted by atomic mass is 16.5. The van der Waals surface area contributed by atoms with Crippen LogP contribution in [-0.4, -0.2) is 35.1 Å². The molecule has 5 aliphatic carbocycles. The summed E-state index contributed by atoms with van der Waals surface area (Å²) in [5, 5.41) is 22.7. The number of hydrogen-bond donors (Lipinski definition) is 2. The fourth-order valence-corrected chi connectivity index (χ4v) is 10.5. The average Bonchev–Trinajstić information content (AvgIpc) is 2.73. The first-order valence-corrected chi connectivity index (χ1v) is 13.8. The van der Waals surface area contributed by atoms with E-state index in [0.717, 1.165) is 44.9 Å². The van der Waals surface area contributed by atoms with Crippen molar-refractivity contribution in [1.82, 2.24) is 0 Å². The number of ether oxygens (including phenoxy) is 1. The molecule has 0 aliphatic heterocycles. The second-order valence-corrected chi connectivity index (χ2v) is 14.9. The number of hydrogen-bond acceptors (Lipinski definition) is 3. The predicted octanol–water partition coefficient (Wildman–Crippen LogP) is 6.52. The molecule has 0 amide bonds. The van der Waals surface area contributed by atoms with Crippen molar-refractivity contribution < 1.29 is 14.9 Å². The van der Waals surface area contributed by atoms with Gasteiger partial charge in [0.15, 0.2) is 0 Å². The molecule has 0 radical (unpaired) electrons. The van der Waals surface area contributed by atoms with Crippen molar-refractivity contribution in [3.05, 3.63) is 11.6 Å². The van der Waals surface area contributed by atoms with E-state index in [4.69, 9.17) is 4.74 Å². The number of fused-ring (bicyclic) bond motifs is 7. The molecule has 0 bridgehead atoms. The molecular formula is C30H50O3. The number of aliphatic hydroxyl groups excluding tert-OH is 2. The standard InChI is InChI=1S/C30H50O3/c1-25(2)15-16-26(3)20(17-25)19-9-10-21-27(4)13-12-23(31)30(7,33-8)22(27)11-14-28(21,5)29(19,6)18-24(26)32/h9,20-24,31-32H,10-18H2,1-8H3/t20?,21?,22-,23+,24?,26+,27?,28+,29-,30-/m1/s1. The Hall–Kier alpha value is -0.380. The van der Waals surface area contributed by atoms with Gasteiger partial charge in [-0.05, 0) is 104 Å². The predicted molar refractivity (Wildman–Crippen MR) is 134 cm³/mol. The summed E-state index contributed by atoms with van der Waals surface area (Å²) in [4.78, 5) is 0. The Morgan fingerprint density at radius 3 is 2.15 bits per heavy atom. The fraction of sp³-hybridized carbons (Fsp3) is 0.933. The van der Waals surface area contributed by atoms with Crippen molar-refractivity contribution in [2.24, 2.45) is 44.8 Å².